The summed E-state index contributed by atoms with van der Waals surface area (Å²) < 4.78 is 2.21. The van der Waals surface area contributed by atoms with Crippen LogP contribution in [0.4, 0.5) is 0 Å². The van der Waals surface area contributed by atoms with Crippen molar-refractivity contribution in [3.8, 4) is 0 Å². The van der Waals surface area contributed by atoms with Crippen LogP contribution < -0.4 is 5.32 Å². The number of hydrogen-bond donors (Lipinski definition) is 1. The van der Waals surface area contributed by atoms with Crippen LogP contribution in [0.15, 0.2) is 12.5 Å². The molecule has 1 N–H and O–H groups in total. The first-order valence-corrected chi connectivity index (χ1v) is 7.72. The number of imidazole rings is 1. The molecule has 1 aliphatic carbocycles. The average Bonchev–Trinajstić information content (AvgIpc) is 2.95. The Morgan fingerprint density at radius 3 is 3.12 bits per heavy atom. The fraction of sp³-hybridized carbons (Fsp3) is 0.769. The topological polar surface area (TPSA) is 29.9 Å². The van der Waals surface area contributed by atoms with Crippen molar-refractivity contribution in [3.05, 3.63) is 18.2 Å². The van der Waals surface area contributed by atoms with Crippen molar-refractivity contribution in [3.63, 3.8) is 0 Å². The fourth-order valence-electron chi connectivity index (χ4n) is 2.54. The zero-order valence-electron chi connectivity index (χ0n) is 10.9. The standard InChI is InChI=1S/C13H23N3S/c1-3-16-10-14-8-12(16)9-15-11-5-6-13(7-11)17-4-2/h8,10-11,13,15H,3-7,9H2,1-2H3. The highest BCUT2D eigenvalue weighted by atomic mass is 32.2. The molecule has 0 aliphatic heterocycles. The van der Waals surface area contributed by atoms with Gasteiger partial charge >= 0.3 is 0 Å². The summed E-state index contributed by atoms with van der Waals surface area (Å²) in [6.07, 6.45) is 7.94. The van der Waals surface area contributed by atoms with Gasteiger partial charge in [-0.05, 0) is 31.9 Å². The first-order chi connectivity index (χ1) is 8.33. The van der Waals surface area contributed by atoms with Crippen LogP contribution in [0.25, 0.3) is 0 Å². The molecule has 0 aromatic carbocycles. The second kappa shape index (κ2) is 6.45. The molecule has 1 aliphatic rings. The molecule has 4 heteroatoms. The highest BCUT2D eigenvalue weighted by Gasteiger charge is 2.24. The Hall–Kier alpha value is -0.480. The first-order valence-electron chi connectivity index (χ1n) is 6.67. The Kier molecular flexibility index (Phi) is 4.92. The summed E-state index contributed by atoms with van der Waals surface area (Å²) >= 11 is 2.12. The van der Waals surface area contributed by atoms with E-state index in [2.05, 4.69) is 40.5 Å². The molecule has 2 unspecified atom stereocenters. The molecule has 2 atom stereocenters. The number of rotatable bonds is 6. The maximum absolute atomic E-state index is 4.20. The third-order valence-corrected chi connectivity index (χ3v) is 4.73. The van der Waals surface area contributed by atoms with Gasteiger partial charge in [0.1, 0.15) is 0 Å². The van der Waals surface area contributed by atoms with Crippen molar-refractivity contribution in [2.75, 3.05) is 5.75 Å². The molecule has 17 heavy (non-hydrogen) atoms. The normalized spacial score (nSPS) is 24.4. The molecule has 0 spiro atoms. The van der Waals surface area contributed by atoms with E-state index in [4.69, 9.17) is 0 Å². The van der Waals surface area contributed by atoms with Gasteiger partial charge in [0.25, 0.3) is 0 Å². The van der Waals surface area contributed by atoms with Gasteiger partial charge in [0, 0.05) is 30.6 Å². The van der Waals surface area contributed by atoms with E-state index < -0.39 is 0 Å². The van der Waals surface area contributed by atoms with Crippen molar-refractivity contribution >= 4 is 11.8 Å². The molecule has 0 saturated heterocycles. The third-order valence-electron chi connectivity index (χ3n) is 3.50. The summed E-state index contributed by atoms with van der Waals surface area (Å²) in [6.45, 7) is 6.39. The third kappa shape index (κ3) is 3.49. The van der Waals surface area contributed by atoms with Gasteiger partial charge in [0.05, 0.1) is 12.0 Å². The molecule has 96 valence electrons. The lowest BCUT2D eigenvalue weighted by Gasteiger charge is -2.13. The van der Waals surface area contributed by atoms with Gasteiger partial charge in [-0.2, -0.15) is 11.8 Å². The Bertz CT molecular complexity index is 337. The molecule has 1 heterocycles. The largest absolute Gasteiger partial charge is 0.334 e. The molecule has 1 aromatic rings. The Labute approximate surface area is 108 Å². The minimum Gasteiger partial charge on any atom is -0.334 e. The lowest BCUT2D eigenvalue weighted by molar-refractivity contribution is 0.509. The quantitative estimate of drug-likeness (QED) is 0.845. The van der Waals surface area contributed by atoms with E-state index in [0.29, 0.717) is 6.04 Å². The lowest BCUT2D eigenvalue weighted by Crippen LogP contribution is -2.27. The molecule has 0 bridgehead atoms. The Balaban J connectivity index is 1.76. The molecule has 2 rings (SSSR count). The van der Waals surface area contributed by atoms with Gasteiger partial charge in [0.15, 0.2) is 0 Å². The summed E-state index contributed by atoms with van der Waals surface area (Å²) in [6, 6.07) is 0.708. The van der Waals surface area contributed by atoms with E-state index in [1.807, 2.05) is 12.5 Å². The number of aryl methyl sites for hydroxylation is 1. The van der Waals surface area contributed by atoms with Crippen molar-refractivity contribution in [2.45, 2.75) is 57.5 Å². The molecule has 1 aromatic heterocycles. The number of aromatic nitrogens is 2. The van der Waals surface area contributed by atoms with E-state index in [9.17, 15) is 0 Å². The lowest BCUT2D eigenvalue weighted by atomic mass is 10.2. The number of nitrogens with one attached hydrogen (secondary N) is 1. The number of thioether (sulfide) groups is 1. The van der Waals surface area contributed by atoms with E-state index in [1.165, 1.54) is 30.7 Å². The highest BCUT2D eigenvalue weighted by molar-refractivity contribution is 7.99. The fourth-order valence-corrected chi connectivity index (χ4v) is 3.68. The molecule has 0 radical (unpaired) electrons. The van der Waals surface area contributed by atoms with Gasteiger partial charge in [-0.3, -0.25) is 0 Å². The van der Waals surface area contributed by atoms with E-state index >= 15 is 0 Å². The summed E-state index contributed by atoms with van der Waals surface area (Å²) in [5, 5.41) is 4.56. The first kappa shape index (κ1) is 13.0. The van der Waals surface area contributed by atoms with Crippen LogP contribution in [0, 0.1) is 0 Å². The average molecular weight is 253 g/mol. The van der Waals surface area contributed by atoms with Crippen LogP contribution in [0.1, 0.15) is 38.8 Å². The summed E-state index contributed by atoms with van der Waals surface area (Å²) in [7, 11) is 0. The zero-order chi connectivity index (χ0) is 12.1. The predicted octanol–water partition coefficient (Wildman–Crippen LogP) is 2.67. The van der Waals surface area contributed by atoms with Gasteiger partial charge in [-0.25, -0.2) is 4.98 Å². The maximum atomic E-state index is 4.20. The van der Waals surface area contributed by atoms with Gasteiger partial charge in [-0.15, -0.1) is 0 Å². The predicted molar refractivity (Wildman–Crippen MR) is 74.3 cm³/mol. The van der Waals surface area contributed by atoms with Crippen molar-refractivity contribution in [2.24, 2.45) is 0 Å². The second-order valence-corrected chi connectivity index (χ2v) is 6.22. The molecule has 0 amide bonds. The molecular formula is C13H23N3S. The summed E-state index contributed by atoms with van der Waals surface area (Å²) in [5.74, 6) is 1.25. The van der Waals surface area contributed by atoms with E-state index in [-0.39, 0.29) is 0 Å². The van der Waals surface area contributed by atoms with E-state index in [1.54, 1.807) is 0 Å². The van der Waals surface area contributed by atoms with Crippen molar-refractivity contribution in [1.82, 2.24) is 14.9 Å². The van der Waals surface area contributed by atoms with Crippen LogP contribution in [0.3, 0.4) is 0 Å². The van der Waals surface area contributed by atoms with Crippen molar-refractivity contribution in [1.29, 1.82) is 0 Å². The molecule has 1 saturated carbocycles. The number of hydrogen-bond acceptors (Lipinski definition) is 3. The summed E-state index contributed by atoms with van der Waals surface area (Å²) in [4.78, 5) is 4.20. The molecule has 3 nitrogen and oxygen atoms in total. The van der Waals surface area contributed by atoms with Gasteiger partial charge < -0.3 is 9.88 Å². The smallest absolute Gasteiger partial charge is 0.0948 e. The SMILES string of the molecule is CCSC1CCC(NCc2cncn2CC)C1. The zero-order valence-corrected chi connectivity index (χ0v) is 11.7. The Morgan fingerprint density at radius 1 is 1.47 bits per heavy atom. The van der Waals surface area contributed by atoms with Crippen molar-refractivity contribution < 1.29 is 0 Å². The van der Waals surface area contributed by atoms with E-state index in [0.717, 1.165) is 18.3 Å². The minimum atomic E-state index is 0.708. The van der Waals surface area contributed by atoms with Crippen LogP contribution in [0.5, 0.6) is 0 Å². The molecular weight excluding hydrogens is 230 g/mol. The maximum Gasteiger partial charge on any atom is 0.0948 e. The minimum absolute atomic E-state index is 0.708. The van der Waals surface area contributed by atoms with Gasteiger partial charge in [-0.1, -0.05) is 6.92 Å². The Morgan fingerprint density at radius 2 is 2.35 bits per heavy atom. The number of nitrogens with zero attached hydrogens (tertiary/aromatic N) is 2. The second-order valence-electron chi connectivity index (χ2n) is 4.64. The summed E-state index contributed by atoms with van der Waals surface area (Å²) in [5.41, 5.74) is 1.30. The van der Waals surface area contributed by atoms with Crippen LogP contribution in [0.2, 0.25) is 0 Å². The highest BCUT2D eigenvalue weighted by Crippen LogP contribution is 2.29. The molecule has 1 fully saturated rings. The van der Waals surface area contributed by atoms with Crippen LogP contribution in [-0.2, 0) is 13.1 Å². The van der Waals surface area contributed by atoms with Crippen LogP contribution in [-0.4, -0.2) is 26.6 Å². The van der Waals surface area contributed by atoms with Crippen LogP contribution >= 0.6 is 11.8 Å². The van der Waals surface area contributed by atoms with Gasteiger partial charge in [0.2, 0.25) is 0 Å². The monoisotopic (exact) mass is 253 g/mol.